The number of carbonyl (C=O) groups excluding carboxylic acids is 1. The number of hydrogen-bond donors (Lipinski definition) is 2. The Hall–Kier alpha value is -3.85. The SMILES string of the molecule is C=CCn1c(=S)[nH]c2cc(C(=O)N(C)Cc3nc4ccccc4c(=O)[nH]3)ccc2c1=O. The Labute approximate surface area is 181 Å². The molecule has 0 fully saturated rings. The lowest BCUT2D eigenvalue weighted by Crippen LogP contribution is -2.28. The number of nitrogens with zero attached hydrogens (tertiary/aromatic N) is 3. The Morgan fingerprint density at radius 2 is 1.97 bits per heavy atom. The molecule has 156 valence electrons. The molecule has 2 aromatic carbocycles. The van der Waals surface area contributed by atoms with Crippen molar-refractivity contribution >= 4 is 39.9 Å². The Balaban J connectivity index is 1.65. The number of hydrogen-bond acceptors (Lipinski definition) is 5. The summed E-state index contributed by atoms with van der Waals surface area (Å²) in [6.45, 7) is 4.05. The number of fused-ring (bicyclic) bond motifs is 2. The first kappa shape index (κ1) is 20.4. The van der Waals surface area contributed by atoms with Gasteiger partial charge in [0.05, 0.1) is 28.4 Å². The zero-order chi connectivity index (χ0) is 22.1. The number of benzene rings is 2. The second kappa shape index (κ2) is 8.11. The van der Waals surface area contributed by atoms with E-state index in [0.717, 1.165) is 0 Å². The molecule has 2 aromatic heterocycles. The second-order valence-electron chi connectivity index (χ2n) is 7.09. The highest BCUT2D eigenvalue weighted by Crippen LogP contribution is 2.14. The van der Waals surface area contributed by atoms with Crippen molar-refractivity contribution in [3.8, 4) is 0 Å². The van der Waals surface area contributed by atoms with E-state index in [2.05, 4.69) is 21.5 Å². The van der Waals surface area contributed by atoms with Gasteiger partial charge < -0.3 is 14.9 Å². The highest BCUT2D eigenvalue weighted by atomic mass is 32.1. The summed E-state index contributed by atoms with van der Waals surface area (Å²) >= 11 is 5.25. The van der Waals surface area contributed by atoms with Crippen LogP contribution in [-0.4, -0.2) is 37.4 Å². The minimum atomic E-state index is -0.285. The zero-order valence-electron chi connectivity index (χ0n) is 16.7. The fourth-order valence-corrected chi connectivity index (χ4v) is 3.68. The predicted molar refractivity (Wildman–Crippen MR) is 122 cm³/mol. The zero-order valence-corrected chi connectivity index (χ0v) is 17.5. The number of amides is 1. The Bertz CT molecular complexity index is 1520. The number of rotatable bonds is 5. The van der Waals surface area contributed by atoms with Gasteiger partial charge >= 0.3 is 0 Å². The molecule has 0 bridgehead atoms. The van der Waals surface area contributed by atoms with Crippen molar-refractivity contribution in [2.24, 2.45) is 0 Å². The molecule has 0 aliphatic carbocycles. The summed E-state index contributed by atoms with van der Waals surface area (Å²) in [4.78, 5) is 49.4. The van der Waals surface area contributed by atoms with Gasteiger partial charge in [0.2, 0.25) is 0 Å². The van der Waals surface area contributed by atoms with E-state index >= 15 is 0 Å². The third-order valence-corrected chi connectivity index (χ3v) is 5.26. The van der Waals surface area contributed by atoms with Gasteiger partial charge in [-0.25, -0.2) is 4.98 Å². The van der Waals surface area contributed by atoms with Crippen LogP contribution in [-0.2, 0) is 13.1 Å². The molecule has 0 aliphatic rings. The van der Waals surface area contributed by atoms with Crippen molar-refractivity contribution in [3.05, 3.63) is 92.0 Å². The molecule has 0 spiro atoms. The number of carbonyl (C=O) groups is 1. The van der Waals surface area contributed by atoms with Gasteiger partial charge in [0.15, 0.2) is 4.77 Å². The van der Waals surface area contributed by atoms with Gasteiger partial charge in [0.25, 0.3) is 17.0 Å². The van der Waals surface area contributed by atoms with E-state index in [1.54, 1.807) is 55.6 Å². The van der Waals surface area contributed by atoms with E-state index in [9.17, 15) is 14.4 Å². The van der Waals surface area contributed by atoms with E-state index < -0.39 is 0 Å². The van der Waals surface area contributed by atoms with Gasteiger partial charge in [0, 0.05) is 19.2 Å². The molecule has 2 heterocycles. The maximum absolute atomic E-state index is 13.0. The highest BCUT2D eigenvalue weighted by Gasteiger charge is 2.16. The number of nitrogens with one attached hydrogen (secondary N) is 2. The van der Waals surface area contributed by atoms with Crippen LogP contribution >= 0.6 is 12.2 Å². The van der Waals surface area contributed by atoms with Crippen molar-refractivity contribution < 1.29 is 4.79 Å². The summed E-state index contributed by atoms with van der Waals surface area (Å²) < 4.78 is 1.66. The molecule has 4 aromatic rings. The van der Waals surface area contributed by atoms with E-state index in [1.807, 2.05) is 0 Å². The Morgan fingerprint density at radius 1 is 1.19 bits per heavy atom. The summed E-state index contributed by atoms with van der Waals surface area (Å²) in [5.41, 5.74) is 0.923. The molecule has 4 rings (SSSR count). The maximum Gasteiger partial charge on any atom is 0.262 e. The monoisotopic (exact) mass is 433 g/mol. The number of allylic oxidation sites excluding steroid dienone is 1. The molecule has 0 radical (unpaired) electrons. The van der Waals surface area contributed by atoms with E-state index in [0.29, 0.717) is 39.7 Å². The summed E-state index contributed by atoms with van der Waals surface area (Å²) in [5.74, 6) is 0.0966. The van der Waals surface area contributed by atoms with Crippen molar-refractivity contribution in [2.45, 2.75) is 13.1 Å². The molecule has 31 heavy (non-hydrogen) atoms. The molecule has 2 N–H and O–H groups in total. The first-order chi connectivity index (χ1) is 14.9. The van der Waals surface area contributed by atoms with Crippen molar-refractivity contribution in [2.75, 3.05) is 7.05 Å². The van der Waals surface area contributed by atoms with Gasteiger partial charge in [0.1, 0.15) is 5.82 Å². The van der Waals surface area contributed by atoms with Crippen LogP contribution in [0.1, 0.15) is 16.2 Å². The van der Waals surface area contributed by atoms with Gasteiger partial charge in [-0.15, -0.1) is 6.58 Å². The molecule has 8 nitrogen and oxygen atoms in total. The maximum atomic E-state index is 13.0. The average molecular weight is 433 g/mol. The standard InChI is InChI=1S/C22H19N5O3S/c1-3-10-27-21(30)15-9-8-13(11-17(15)24-22(27)31)20(29)26(2)12-18-23-16-7-5-4-6-14(16)19(28)25-18/h3-9,11H,1,10,12H2,2H3,(H,24,31)(H,23,25,28). The third kappa shape index (κ3) is 3.82. The van der Waals surface area contributed by atoms with Crippen LogP contribution in [0.4, 0.5) is 0 Å². The topological polar surface area (TPSA) is 104 Å². The fourth-order valence-electron chi connectivity index (χ4n) is 3.41. The van der Waals surface area contributed by atoms with E-state index in [-0.39, 0.29) is 28.3 Å². The lowest BCUT2D eigenvalue weighted by Gasteiger charge is -2.17. The molecule has 0 atom stereocenters. The first-order valence-electron chi connectivity index (χ1n) is 9.50. The molecule has 0 unspecified atom stereocenters. The summed E-state index contributed by atoms with van der Waals surface area (Å²) in [7, 11) is 1.62. The lowest BCUT2D eigenvalue weighted by atomic mass is 10.1. The van der Waals surface area contributed by atoms with Crippen LogP contribution in [0.15, 0.2) is 64.7 Å². The molecule has 0 saturated heterocycles. The molecule has 9 heteroatoms. The van der Waals surface area contributed by atoms with Gasteiger partial charge in [-0.1, -0.05) is 18.2 Å². The van der Waals surface area contributed by atoms with Crippen LogP contribution in [0, 0.1) is 4.77 Å². The van der Waals surface area contributed by atoms with Crippen LogP contribution in [0.3, 0.4) is 0 Å². The number of H-pyrrole nitrogens is 2. The average Bonchev–Trinajstić information content (AvgIpc) is 2.75. The van der Waals surface area contributed by atoms with Crippen LogP contribution < -0.4 is 11.1 Å². The molecule has 0 saturated carbocycles. The number of aromatic amines is 2. The lowest BCUT2D eigenvalue weighted by molar-refractivity contribution is 0.0781. The molecular formula is C22H19N5O3S. The number of para-hydroxylation sites is 1. The first-order valence-corrected chi connectivity index (χ1v) is 9.91. The summed E-state index contributed by atoms with van der Waals surface area (Å²) in [6.07, 6.45) is 1.59. The quantitative estimate of drug-likeness (QED) is 0.372. The van der Waals surface area contributed by atoms with Crippen LogP contribution in [0.2, 0.25) is 0 Å². The minimum absolute atomic E-state index is 0.119. The normalized spacial score (nSPS) is 11.0. The van der Waals surface area contributed by atoms with Crippen molar-refractivity contribution in [1.29, 1.82) is 0 Å². The van der Waals surface area contributed by atoms with Crippen molar-refractivity contribution in [1.82, 2.24) is 24.4 Å². The Morgan fingerprint density at radius 3 is 2.74 bits per heavy atom. The minimum Gasteiger partial charge on any atom is -0.334 e. The van der Waals surface area contributed by atoms with Gasteiger partial charge in [-0.3, -0.25) is 19.0 Å². The fraction of sp³-hybridized carbons (Fsp3) is 0.136. The Kier molecular flexibility index (Phi) is 5.35. The van der Waals surface area contributed by atoms with Crippen molar-refractivity contribution in [3.63, 3.8) is 0 Å². The molecule has 0 aliphatic heterocycles. The summed E-state index contributed by atoms with van der Waals surface area (Å²) in [6, 6.07) is 11.8. The smallest absolute Gasteiger partial charge is 0.262 e. The highest BCUT2D eigenvalue weighted by molar-refractivity contribution is 7.71. The van der Waals surface area contributed by atoms with E-state index in [1.165, 1.54) is 9.47 Å². The summed E-state index contributed by atoms with van der Waals surface area (Å²) in [5, 5.41) is 0.919. The largest absolute Gasteiger partial charge is 0.334 e. The second-order valence-corrected chi connectivity index (χ2v) is 7.47. The van der Waals surface area contributed by atoms with Gasteiger partial charge in [-0.2, -0.15) is 0 Å². The van der Waals surface area contributed by atoms with Crippen LogP contribution in [0.25, 0.3) is 21.8 Å². The number of aromatic nitrogens is 4. The van der Waals surface area contributed by atoms with Gasteiger partial charge in [-0.05, 0) is 42.5 Å². The predicted octanol–water partition coefficient (Wildman–Crippen LogP) is 2.75. The van der Waals surface area contributed by atoms with Crippen LogP contribution in [0.5, 0.6) is 0 Å². The molecular weight excluding hydrogens is 414 g/mol. The molecule has 1 amide bonds. The van der Waals surface area contributed by atoms with E-state index in [4.69, 9.17) is 12.2 Å². The third-order valence-electron chi connectivity index (χ3n) is 4.94.